The van der Waals surface area contributed by atoms with Gasteiger partial charge in [-0.2, -0.15) is 0 Å². The second kappa shape index (κ2) is 10.1. The Hall–Kier alpha value is -2.76. The van der Waals surface area contributed by atoms with E-state index >= 15 is 0 Å². The van der Waals surface area contributed by atoms with Crippen molar-refractivity contribution in [2.45, 2.75) is 47.2 Å². The second-order valence-electron chi connectivity index (χ2n) is 8.31. The number of benzene rings is 1. The lowest BCUT2D eigenvalue weighted by atomic mass is 10.1. The molecule has 1 aromatic carbocycles. The van der Waals surface area contributed by atoms with Gasteiger partial charge < -0.3 is 19.5 Å². The number of carbonyl (C=O) groups excluding carboxylic acids is 2. The molecule has 0 aliphatic carbocycles. The molecule has 1 aromatic heterocycles. The normalized spacial score (nSPS) is 11.0. The van der Waals surface area contributed by atoms with Crippen molar-refractivity contribution in [1.82, 2.24) is 4.90 Å². The number of rotatable bonds is 9. The summed E-state index contributed by atoms with van der Waals surface area (Å²) in [6.45, 7) is 8.66. The molecule has 0 bridgehead atoms. The lowest BCUT2D eigenvalue weighted by Gasteiger charge is -2.27. The number of carbonyl (C=O) groups is 2. The Morgan fingerprint density at radius 2 is 1.79 bits per heavy atom. The van der Waals surface area contributed by atoms with Crippen LogP contribution in [0.25, 0.3) is 0 Å². The van der Waals surface area contributed by atoms with Gasteiger partial charge in [-0.05, 0) is 41.8 Å². The molecule has 158 valence electrons. The van der Waals surface area contributed by atoms with Crippen molar-refractivity contribution in [3.05, 3.63) is 47.9 Å². The number of amides is 2. The first kappa shape index (κ1) is 22.5. The second-order valence-corrected chi connectivity index (χ2v) is 8.31. The van der Waals surface area contributed by atoms with Gasteiger partial charge in [0.1, 0.15) is 5.76 Å². The maximum atomic E-state index is 12.8. The van der Waals surface area contributed by atoms with Gasteiger partial charge in [-0.1, -0.05) is 27.7 Å². The van der Waals surface area contributed by atoms with Crippen LogP contribution in [-0.2, 0) is 22.7 Å². The number of furan rings is 1. The molecule has 0 fully saturated rings. The molecule has 2 aromatic rings. The molecule has 0 aliphatic rings. The maximum Gasteiger partial charge on any atom is 0.225 e. The zero-order valence-electron chi connectivity index (χ0n) is 18.4. The van der Waals surface area contributed by atoms with Crippen LogP contribution < -0.4 is 10.2 Å². The predicted molar refractivity (Wildman–Crippen MR) is 117 cm³/mol. The summed E-state index contributed by atoms with van der Waals surface area (Å²) in [6, 6.07) is 9.53. The van der Waals surface area contributed by atoms with Gasteiger partial charge in [-0.25, -0.2) is 0 Å². The Kier molecular flexibility index (Phi) is 7.88. The number of nitrogens with zero attached hydrogens (tertiary/aromatic N) is 2. The predicted octanol–water partition coefficient (Wildman–Crippen LogP) is 4.52. The average molecular weight is 400 g/mol. The van der Waals surface area contributed by atoms with E-state index in [1.165, 1.54) is 0 Å². The Morgan fingerprint density at radius 3 is 2.34 bits per heavy atom. The van der Waals surface area contributed by atoms with Crippen molar-refractivity contribution in [3.8, 4) is 0 Å². The van der Waals surface area contributed by atoms with Crippen LogP contribution in [0.15, 0.2) is 41.0 Å². The van der Waals surface area contributed by atoms with Gasteiger partial charge in [-0.15, -0.1) is 0 Å². The van der Waals surface area contributed by atoms with Crippen LogP contribution in [0.5, 0.6) is 0 Å². The molecule has 0 saturated carbocycles. The third kappa shape index (κ3) is 6.66. The maximum absolute atomic E-state index is 12.8. The van der Waals surface area contributed by atoms with Gasteiger partial charge in [0.15, 0.2) is 0 Å². The smallest absolute Gasteiger partial charge is 0.225 e. The Morgan fingerprint density at radius 1 is 1.07 bits per heavy atom. The molecular formula is C23H33N3O3. The van der Waals surface area contributed by atoms with Crippen LogP contribution in [0, 0.1) is 11.8 Å². The van der Waals surface area contributed by atoms with E-state index in [1.54, 1.807) is 11.2 Å². The van der Waals surface area contributed by atoms with Gasteiger partial charge in [0, 0.05) is 44.4 Å². The highest BCUT2D eigenvalue weighted by Crippen LogP contribution is 2.26. The lowest BCUT2D eigenvalue weighted by molar-refractivity contribution is -0.136. The summed E-state index contributed by atoms with van der Waals surface area (Å²) >= 11 is 0. The standard InChI is InChI=1S/C23H33N3O3/c1-16(2)12-22(27)24-19-9-10-21(25(5)6)18(13-19)14-26(23(28)17(3)4)15-20-8-7-11-29-20/h7-11,13,16-17H,12,14-15H2,1-6H3,(H,24,27). The summed E-state index contributed by atoms with van der Waals surface area (Å²) < 4.78 is 5.46. The van der Waals surface area contributed by atoms with E-state index in [9.17, 15) is 9.59 Å². The summed E-state index contributed by atoms with van der Waals surface area (Å²) in [7, 11) is 3.94. The van der Waals surface area contributed by atoms with Gasteiger partial charge in [0.05, 0.1) is 12.8 Å². The number of nitrogens with one attached hydrogen (secondary N) is 1. The molecule has 0 saturated heterocycles. The highest BCUT2D eigenvalue weighted by Gasteiger charge is 2.21. The fourth-order valence-electron chi connectivity index (χ4n) is 3.18. The van der Waals surface area contributed by atoms with Crippen LogP contribution in [0.3, 0.4) is 0 Å². The minimum absolute atomic E-state index is 0.00532. The van der Waals surface area contributed by atoms with Crippen LogP contribution in [-0.4, -0.2) is 30.8 Å². The van der Waals surface area contributed by atoms with E-state index in [4.69, 9.17) is 4.42 Å². The monoisotopic (exact) mass is 399 g/mol. The SMILES string of the molecule is CC(C)CC(=O)Nc1ccc(N(C)C)c(CN(Cc2ccco2)C(=O)C(C)C)c1. The molecule has 6 heteroatoms. The fourth-order valence-corrected chi connectivity index (χ4v) is 3.18. The zero-order chi connectivity index (χ0) is 21.6. The van der Waals surface area contributed by atoms with Crippen molar-refractivity contribution in [3.63, 3.8) is 0 Å². The zero-order valence-corrected chi connectivity index (χ0v) is 18.4. The van der Waals surface area contributed by atoms with Crippen molar-refractivity contribution in [2.24, 2.45) is 11.8 Å². The first-order valence-electron chi connectivity index (χ1n) is 10.1. The minimum atomic E-state index is -0.123. The number of hydrogen-bond acceptors (Lipinski definition) is 4. The molecule has 0 aliphatic heterocycles. The van der Waals surface area contributed by atoms with E-state index in [0.29, 0.717) is 25.4 Å². The third-order valence-electron chi connectivity index (χ3n) is 4.53. The summed E-state index contributed by atoms with van der Waals surface area (Å²) in [5, 5.41) is 2.97. The minimum Gasteiger partial charge on any atom is -0.467 e. The fraction of sp³-hybridized carbons (Fsp3) is 0.478. The summed E-state index contributed by atoms with van der Waals surface area (Å²) in [6.07, 6.45) is 2.09. The molecule has 0 atom stereocenters. The van der Waals surface area contributed by atoms with E-state index in [2.05, 4.69) is 5.32 Å². The molecule has 1 N–H and O–H groups in total. The van der Waals surface area contributed by atoms with E-state index in [1.807, 2.05) is 77.0 Å². The van der Waals surface area contributed by atoms with Crippen molar-refractivity contribution in [1.29, 1.82) is 0 Å². The van der Waals surface area contributed by atoms with E-state index < -0.39 is 0 Å². The molecule has 0 spiro atoms. The molecule has 6 nitrogen and oxygen atoms in total. The van der Waals surface area contributed by atoms with Crippen LogP contribution in [0.1, 0.15) is 45.4 Å². The van der Waals surface area contributed by atoms with Gasteiger partial charge in [0.2, 0.25) is 11.8 Å². The summed E-state index contributed by atoms with van der Waals surface area (Å²) in [4.78, 5) is 28.8. The first-order valence-corrected chi connectivity index (χ1v) is 10.1. The van der Waals surface area contributed by atoms with Crippen molar-refractivity contribution >= 4 is 23.2 Å². The Labute approximate surface area is 173 Å². The highest BCUT2D eigenvalue weighted by molar-refractivity contribution is 5.91. The van der Waals surface area contributed by atoms with E-state index in [-0.39, 0.29) is 17.7 Å². The van der Waals surface area contributed by atoms with Gasteiger partial charge in [-0.3, -0.25) is 9.59 Å². The van der Waals surface area contributed by atoms with Crippen LogP contribution >= 0.6 is 0 Å². The van der Waals surface area contributed by atoms with Crippen molar-refractivity contribution < 1.29 is 14.0 Å². The van der Waals surface area contributed by atoms with Gasteiger partial charge >= 0.3 is 0 Å². The highest BCUT2D eigenvalue weighted by atomic mass is 16.3. The molecule has 0 unspecified atom stereocenters. The molecule has 2 rings (SSSR count). The quantitative estimate of drug-likeness (QED) is 0.673. The largest absolute Gasteiger partial charge is 0.467 e. The van der Waals surface area contributed by atoms with E-state index in [0.717, 1.165) is 22.7 Å². The topological polar surface area (TPSA) is 65.8 Å². The number of hydrogen-bond donors (Lipinski definition) is 1. The molecular weight excluding hydrogens is 366 g/mol. The molecule has 1 heterocycles. The first-order chi connectivity index (χ1) is 13.7. The summed E-state index contributed by atoms with van der Waals surface area (Å²) in [5.74, 6) is 0.964. The molecule has 0 radical (unpaired) electrons. The molecule has 29 heavy (non-hydrogen) atoms. The number of anilines is 2. The lowest BCUT2D eigenvalue weighted by Crippen LogP contribution is -2.33. The molecule has 2 amide bonds. The Balaban J connectivity index is 2.30. The van der Waals surface area contributed by atoms with Crippen LogP contribution in [0.4, 0.5) is 11.4 Å². The third-order valence-corrected chi connectivity index (χ3v) is 4.53. The van der Waals surface area contributed by atoms with Gasteiger partial charge in [0.25, 0.3) is 0 Å². The van der Waals surface area contributed by atoms with Crippen molar-refractivity contribution in [2.75, 3.05) is 24.3 Å². The summed E-state index contributed by atoms with van der Waals surface area (Å²) in [5.41, 5.74) is 2.72. The van der Waals surface area contributed by atoms with Crippen LogP contribution in [0.2, 0.25) is 0 Å². The Bertz CT molecular complexity index is 811. The average Bonchev–Trinajstić information content (AvgIpc) is 3.12.